The minimum Gasteiger partial charge on any atom is -0.308 e. The minimum atomic E-state index is 0.350. The lowest BCUT2D eigenvalue weighted by atomic mass is 9.94. The average molecular weight is 300 g/mol. The van der Waals surface area contributed by atoms with Gasteiger partial charge in [0.25, 0.3) is 0 Å². The molecule has 2 heterocycles. The molecule has 0 bridgehead atoms. The van der Waals surface area contributed by atoms with E-state index in [1.807, 2.05) is 4.57 Å². The van der Waals surface area contributed by atoms with E-state index in [-0.39, 0.29) is 0 Å². The van der Waals surface area contributed by atoms with E-state index in [0.717, 1.165) is 17.4 Å². The van der Waals surface area contributed by atoms with E-state index in [9.17, 15) is 0 Å². The number of allylic oxidation sites excluding steroid dienone is 2. The average Bonchev–Trinajstić information content (AvgIpc) is 2.62. The summed E-state index contributed by atoms with van der Waals surface area (Å²) in [7, 11) is 0. The molecule has 1 unspecified atom stereocenters. The normalized spacial score (nSPS) is 19.6. The largest absolute Gasteiger partial charge is 0.308 e. The van der Waals surface area contributed by atoms with Gasteiger partial charge in [0, 0.05) is 5.33 Å². The molecule has 1 aliphatic rings. The first-order chi connectivity index (χ1) is 7.79. The Morgan fingerprint density at radius 1 is 1.44 bits per heavy atom. The number of alkyl halides is 1. The molecule has 0 spiro atoms. The van der Waals surface area contributed by atoms with Crippen molar-refractivity contribution in [2.24, 2.45) is 0 Å². The molecule has 2 aromatic heterocycles. The number of imidazole rings is 1. The smallest absolute Gasteiger partial charge is 0.165 e. The van der Waals surface area contributed by atoms with Crippen molar-refractivity contribution in [2.45, 2.75) is 12.5 Å². The predicted octanol–water partition coefficient (Wildman–Crippen LogP) is 2.75. The first-order valence-corrected chi connectivity index (χ1v) is 6.38. The van der Waals surface area contributed by atoms with Crippen molar-refractivity contribution < 1.29 is 0 Å². The second kappa shape index (κ2) is 3.82. The highest BCUT2D eigenvalue weighted by atomic mass is 79.9. The van der Waals surface area contributed by atoms with Crippen LogP contribution in [0.25, 0.3) is 11.2 Å². The van der Waals surface area contributed by atoms with Gasteiger partial charge in [-0.2, -0.15) is 0 Å². The molecule has 1 atom stereocenters. The molecule has 16 heavy (non-hydrogen) atoms. The lowest BCUT2D eigenvalue weighted by Crippen LogP contribution is -2.16. The van der Waals surface area contributed by atoms with Gasteiger partial charge < -0.3 is 4.57 Å². The number of hydrogen-bond donors (Lipinski definition) is 0. The van der Waals surface area contributed by atoms with Crippen LogP contribution >= 0.6 is 27.5 Å². The fourth-order valence-electron chi connectivity index (χ4n) is 1.85. The third kappa shape index (κ3) is 1.46. The molecule has 3 rings (SSSR count). The SMILES string of the molecule is Clc1ncnc2c1ncn2C1C=C(CBr)C1. The van der Waals surface area contributed by atoms with Crippen molar-refractivity contribution in [3.8, 4) is 0 Å². The quantitative estimate of drug-likeness (QED) is 0.486. The highest BCUT2D eigenvalue weighted by Gasteiger charge is 2.22. The molecule has 0 N–H and O–H groups in total. The van der Waals surface area contributed by atoms with E-state index in [0.29, 0.717) is 16.7 Å². The molecule has 82 valence electrons. The van der Waals surface area contributed by atoms with Gasteiger partial charge >= 0.3 is 0 Å². The second-order valence-electron chi connectivity index (χ2n) is 3.72. The maximum atomic E-state index is 5.94. The predicted molar refractivity (Wildman–Crippen MR) is 65.9 cm³/mol. The van der Waals surface area contributed by atoms with Gasteiger partial charge in [0.2, 0.25) is 0 Å². The molecule has 4 nitrogen and oxygen atoms in total. The van der Waals surface area contributed by atoms with E-state index in [4.69, 9.17) is 11.6 Å². The number of fused-ring (bicyclic) bond motifs is 1. The summed E-state index contributed by atoms with van der Waals surface area (Å²) in [5.41, 5.74) is 2.88. The van der Waals surface area contributed by atoms with Gasteiger partial charge in [-0.1, -0.05) is 39.2 Å². The van der Waals surface area contributed by atoms with Crippen LogP contribution in [0, 0.1) is 0 Å². The topological polar surface area (TPSA) is 43.6 Å². The molecule has 0 radical (unpaired) electrons. The van der Waals surface area contributed by atoms with E-state index in [2.05, 4.69) is 37.0 Å². The summed E-state index contributed by atoms with van der Waals surface area (Å²) in [6.07, 6.45) is 6.50. The Morgan fingerprint density at radius 3 is 3.00 bits per heavy atom. The zero-order valence-corrected chi connectivity index (χ0v) is 10.6. The minimum absolute atomic E-state index is 0.350. The first kappa shape index (κ1) is 10.2. The molecule has 2 aromatic rings. The van der Waals surface area contributed by atoms with Gasteiger partial charge in [-0.3, -0.25) is 0 Å². The molecule has 0 fully saturated rings. The zero-order valence-electron chi connectivity index (χ0n) is 8.27. The lowest BCUT2D eigenvalue weighted by Gasteiger charge is -2.25. The van der Waals surface area contributed by atoms with Crippen LogP contribution in [0.15, 0.2) is 24.3 Å². The Balaban J connectivity index is 2.06. The number of rotatable bonds is 2. The summed E-state index contributed by atoms with van der Waals surface area (Å²) in [6.45, 7) is 0. The molecule has 1 aliphatic carbocycles. The van der Waals surface area contributed by atoms with Crippen LogP contribution < -0.4 is 0 Å². The van der Waals surface area contributed by atoms with Gasteiger partial charge in [0.1, 0.15) is 11.8 Å². The van der Waals surface area contributed by atoms with Crippen molar-refractivity contribution in [2.75, 3.05) is 5.33 Å². The zero-order chi connectivity index (χ0) is 11.1. The lowest BCUT2D eigenvalue weighted by molar-refractivity contribution is 0.557. The van der Waals surface area contributed by atoms with E-state index in [1.54, 1.807) is 6.33 Å². The molecule has 0 saturated heterocycles. The number of hydrogen-bond acceptors (Lipinski definition) is 3. The summed E-state index contributed by atoms with van der Waals surface area (Å²) in [6, 6.07) is 0.350. The molecule has 6 heteroatoms. The molecular formula is C10H8BrClN4. The Labute approximate surface area is 105 Å². The van der Waals surface area contributed by atoms with Crippen LogP contribution in [0.3, 0.4) is 0 Å². The fraction of sp³-hybridized carbons (Fsp3) is 0.300. The number of halogens is 2. The summed E-state index contributed by atoms with van der Waals surface area (Å²) in [5, 5.41) is 1.35. The Kier molecular flexibility index (Phi) is 2.44. The van der Waals surface area contributed by atoms with Crippen LogP contribution in [0.1, 0.15) is 12.5 Å². The van der Waals surface area contributed by atoms with Gasteiger partial charge in [-0.15, -0.1) is 0 Å². The van der Waals surface area contributed by atoms with Gasteiger partial charge in [-0.25, -0.2) is 15.0 Å². The second-order valence-corrected chi connectivity index (χ2v) is 4.64. The first-order valence-electron chi connectivity index (χ1n) is 4.88. The Hall–Kier alpha value is -0.940. The standard InChI is InChI=1S/C10H8BrClN4/c11-3-6-1-7(2-6)16-5-15-8-9(12)13-4-14-10(8)16/h1,4-5,7H,2-3H2. The highest BCUT2D eigenvalue weighted by Crippen LogP contribution is 2.33. The summed E-state index contributed by atoms with van der Waals surface area (Å²) < 4.78 is 2.04. The fourth-order valence-corrected chi connectivity index (χ4v) is 2.44. The van der Waals surface area contributed by atoms with Crippen LogP contribution in [0.5, 0.6) is 0 Å². The Bertz CT molecular complexity index is 577. The van der Waals surface area contributed by atoms with Gasteiger partial charge in [0.15, 0.2) is 10.8 Å². The number of aromatic nitrogens is 4. The molecule has 0 aliphatic heterocycles. The van der Waals surface area contributed by atoms with Gasteiger partial charge in [0.05, 0.1) is 12.4 Å². The van der Waals surface area contributed by atoms with Crippen molar-refractivity contribution >= 4 is 38.7 Å². The molecular weight excluding hydrogens is 291 g/mol. The molecule has 0 saturated carbocycles. The molecule has 0 amide bonds. The van der Waals surface area contributed by atoms with Crippen LogP contribution in [0.2, 0.25) is 5.15 Å². The maximum Gasteiger partial charge on any atom is 0.165 e. The molecule has 0 aromatic carbocycles. The number of nitrogens with zero attached hydrogens (tertiary/aromatic N) is 4. The summed E-state index contributed by atoms with van der Waals surface area (Å²) in [5.74, 6) is 0. The third-order valence-corrected chi connectivity index (χ3v) is 3.74. The van der Waals surface area contributed by atoms with Crippen LogP contribution in [-0.2, 0) is 0 Å². The van der Waals surface area contributed by atoms with Crippen LogP contribution in [-0.4, -0.2) is 24.8 Å². The summed E-state index contributed by atoms with van der Waals surface area (Å²) in [4.78, 5) is 12.4. The van der Waals surface area contributed by atoms with E-state index < -0.39 is 0 Å². The van der Waals surface area contributed by atoms with Gasteiger partial charge in [-0.05, 0) is 6.42 Å². The third-order valence-electron chi connectivity index (χ3n) is 2.74. The van der Waals surface area contributed by atoms with Crippen LogP contribution in [0.4, 0.5) is 0 Å². The maximum absolute atomic E-state index is 5.94. The van der Waals surface area contributed by atoms with E-state index >= 15 is 0 Å². The van der Waals surface area contributed by atoms with Crippen molar-refractivity contribution in [1.82, 2.24) is 19.5 Å². The highest BCUT2D eigenvalue weighted by molar-refractivity contribution is 9.09. The van der Waals surface area contributed by atoms with Crippen molar-refractivity contribution in [1.29, 1.82) is 0 Å². The van der Waals surface area contributed by atoms with Crippen molar-refractivity contribution in [3.05, 3.63) is 29.5 Å². The summed E-state index contributed by atoms with van der Waals surface area (Å²) >= 11 is 9.38. The monoisotopic (exact) mass is 298 g/mol. The Morgan fingerprint density at radius 2 is 2.25 bits per heavy atom. The van der Waals surface area contributed by atoms with E-state index in [1.165, 1.54) is 11.9 Å². The van der Waals surface area contributed by atoms with Crippen molar-refractivity contribution in [3.63, 3.8) is 0 Å².